The molecule has 0 radical (unpaired) electrons. The number of nitrogens with zero attached hydrogens (tertiary/aromatic N) is 4. The van der Waals surface area contributed by atoms with Crippen molar-refractivity contribution in [3.05, 3.63) is 95.8 Å². The molecule has 202 valence electrons. The first-order valence-electron chi connectivity index (χ1n) is 12.2. The number of H-pyrrole nitrogens is 2. The summed E-state index contributed by atoms with van der Waals surface area (Å²) in [7, 11) is 0. The van der Waals surface area contributed by atoms with Gasteiger partial charge in [0, 0.05) is 37.1 Å². The van der Waals surface area contributed by atoms with Crippen molar-refractivity contribution in [2.45, 2.75) is 13.3 Å². The predicted molar refractivity (Wildman–Crippen MR) is 145 cm³/mol. The molecule has 0 aliphatic rings. The van der Waals surface area contributed by atoms with Gasteiger partial charge in [0.25, 0.3) is 5.91 Å². The molecular weight excluding hydrogens is 517 g/mol. The molecule has 0 spiro atoms. The maximum absolute atomic E-state index is 13.9. The molecule has 2 aromatic carbocycles. The second-order valence-electron chi connectivity index (χ2n) is 8.70. The van der Waals surface area contributed by atoms with Gasteiger partial charge in [0.1, 0.15) is 17.3 Å². The summed E-state index contributed by atoms with van der Waals surface area (Å²) in [6, 6.07) is 15.8. The molecule has 3 heterocycles. The Balaban J connectivity index is 1.16. The molecule has 3 aromatic heterocycles. The number of benzene rings is 2. The number of aromatic amines is 2. The predicted octanol–water partition coefficient (Wildman–Crippen LogP) is 4.45. The third kappa shape index (κ3) is 6.64. The number of carbonyl (C=O) groups is 2. The van der Waals surface area contributed by atoms with E-state index >= 15 is 0 Å². The molecule has 0 saturated heterocycles. The van der Waals surface area contributed by atoms with Gasteiger partial charge in [-0.05, 0) is 61.0 Å². The summed E-state index contributed by atoms with van der Waals surface area (Å²) in [6.07, 6.45) is 3.66. The van der Waals surface area contributed by atoms with Gasteiger partial charge in [0.05, 0.1) is 22.6 Å². The number of carbonyl (C=O) groups excluding carboxylic acids is 2. The fraction of sp³-hybridized carbons (Fsp3) is 0.111. The average Bonchev–Trinajstić information content (AvgIpc) is 3.65. The van der Waals surface area contributed by atoms with Crippen molar-refractivity contribution >= 4 is 23.3 Å². The zero-order valence-corrected chi connectivity index (χ0v) is 21.2. The molecule has 0 fully saturated rings. The molecule has 5 rings (SSSR count). The van der Waals surface area contributed by atoms with Gasteiger partial charge in [-0.15, -0.1) is 10.2 Å². The van der Waals surface area contributed by atoms with Gasteiger partial charge in [0.15, 0.2) is 5.82 Å². The molecule has 5 aromatic rings. The number of halogens is 1. The quantitative estimate of drug-likeness (QED) is 0.184. The van der Waals surface area contributed by atoms with Crippen LogP contribution in [0.25, 0.3) is 11.4 Å². The van der Waals surface area contributed by atoms with E-state index in [0.29, 0.717) is 52.9 Å². The van der Waals surface area contributed by atoms with Crippen LogP contribution in [-0.2, 0) is 6.42 Å². The molecule has 5 N–H and O–H groups in total. The van der Waals surface area contributed by atoms with Crippen LogP contribution in [0, 0.1) is 12.7 Å². The molecule has 0 bridgehead atoms. The lowest BCUT2D eigenvalue weighted by Crippen LogP contribution is -2.25. The van der Waals surface area contributed by atoms with Crippen molar-refractivity contribution in [1.29, 1.82) is 0 Å². The normalized spacial score (nSPS) is 10.7. The fourth-order valence-electron chi connectivity index (χ4n) is 3.74. The van der Waals surface area contributed by atoms with Crippen molar-refractivity contribution < 1.29 is 18.7 Å². The third-order valence-corrected chi connectivity index (χ3v) is 5.69. The summed E-state index contributed by atoms with van der Waals surface area (Å²) in [4.78, 5) is 32.1. The Labute approximate surface area is 227 Å². The van der Waals surface area contributed by atoms with E-state index in [4.69, 9.17) is 4.74 Å². The highest BCUT2D eigenvalue weighted by atomic mass is 19.1. The SMILES string of the molecule is Cc1ccc(F)c(NC(=O)Nc2ccc(Oc3ccnc(-c4cc(C(=O)NCCc5nn[nH]n5)c[nH]4)c3)cc2)c1. The summed E-state index contributed by atoms with van der Waals surface area (Å²) in [6.45, 7) is 2.18. The number of urea groups is 1. The van der Waals surface area contributed by atoms with Crippen molar-refractivity contribution in [3.8, 4) is 22.9 Å². The Hall–Kier alpha value is -5.59. The third-order valence-electron chi connectivity index (χ3n) is 5.69. The van der Waals surface area contributed by atoms with Crippen LogP contribution in [0.3, 0.4) is 0 Å². The molecule has 0 aliphatic heterocycles. The molecule has 0 unspecified atom stereocenters. The zero-order chi connectivity index (χ0) is 27.9. The molecule has 0 saturated carbocycles. The van der Waals surface area contributed by atoms with Crippen LogP contribution in [0.15, 0.2) is 73.1 Å². The zero-order valence-electron chi connectivity index (χ0n) is 21.2. The topological polar surface area (TPSA) is 163 Å². The van der Waals surface area contributed by atoms with E-state index in [1.54, 1.807) is 67.0 Å². The van der Waals surface area contributed by atoms with Crippen LogP contribution >= 0.6 is 0 Å². The van der Waals surface area contributed by atoms with Crippen molar-refractivity contribution in [2.24, 2.45) is 0 Å². The number of aromatic nitrogens is 6. The number of amides is 3. The van der Waals surface area contributed by atoms with Gasteiger partial charge in [-0.25, -0.2) is 9.18 Å². The number of hydrogen-bond donors (Lipinski definition) is 5. The maximum Gasteiger partial charge on any atom is 0.323 e. The van der Waals surface area contributed by atoms with Crippen LogP contribution in [0.5, 0.6) is 11.5 Å². The molecular formula is C27H24FN9O3. The number of rotatable bonds is 9. The standard InChI is InChI=1S/C27H24FN9O3/c1-16-2-7-21(28)22(12-16)33-27(39)32-18-3-5-19(6-4-18)40-20-8-10-29-24(14-20)23-13-17(15-31-23)26(38)30-11-9-25-34-36-37-35-25/h2-8,10,12-15,31H,9,11H2,1H3,(H,30,38)(H2,32,33,39)(H,34,35,36,37). The van der Waals surface area contributed by atoms with Gasteiger partial charge in [-0.3, -0.25) is 9.78 Å². The van der Waals surface area contributed by atoms with Crippen molar-refractivity contribution in [1.82, 2.24) is 35.9 Å². The molecule has 0 atom stereocenters. The first-order chi connectivity index (χ1) is 19.4. The summed E-state index contributed by atoms with van der Waals surface area (Å²) in [5, 5.41) is 21.5. The number of ether oxygens (including phenoxy) is 1. The van der Waals surface area contributed by atoms with Crippen molar-refractivity contribution in [3.63, 3.8) is 0 Å². The minimum absolute atomic E-state index is 0.0984. The number of aryl methyl sites for hydroxylation is 1. The summed E-state index contributed by atoms with van der Waals surface area (Å²) in [5.41, 5.74) is 3.11. The summed E-state index contributed by atoms with van der Waals surface area (Å²) < 4.78 is 19.8. The van der Waals surface area contributed by atoms with Gasteiger partial charge in [-0.2, -0.15) is 5.21 Å². The Morgan fingerprint density at radius 1 is 1.00 bits per heavy atom. The van der Waals surface area contributed by atoms with Gasteiger partial charge in [0.2, 0.25) is 0 Å². The second kappa shape index (κ2) is 11.9. The van der Waals surface area contributed by atoms with Crippen LogP contribution in [-0.4, -0.2) is 49.1 Å². The molecule has 13 heteroatoms. The van der Waals surface area contributed by atoms with E-state index in [2.05, 4.69) is 46.5 Å². The molecule has 0 aliphatic carbocycles. The number of tetrazole rings is 1. The molecule has 12 nitrogen and oxygen atoms in total. The van der Waals surface area contributed by atoms with Crippen molar-refractivity contribution in [2.75, 3.05) is 17.2 Å². The first-order valence-corrected chi connectivity index (χ1v) is 12.2. The number of nitrogens with one attached hydrogen (secondary N) is 5. The summed E-state index contributed by atoms with van der Waals surface area (Å²) in [5.74, 6) is 0.809. The number of hydrogen-bond acceptors (Lipinski definition) is 7. The molecule has 40 heavy (non-hydrogen) atoms. The van der Waals surface area contributed by atoms with E-state index < -0.39 is 11.8 Å². The first kappa shape index (κ1) is 26.0. The Morgan fingerprint density at radius 2 is 1.85 bits per heavy atom. The Morgan fingerprint density at radius 3 is 2.65 bits per heavy atom. The lowest BCUT2D eigenvalue weighted by atomic mass is 10.2. The minimum Gasteiger partial charge on any atom is -0.457 e. The highest BCUT2D eigenvalue weighted by Crippen LogP contribution is 2.27. The average molecular weight is 542 g/mol. The van der Waals surface area contributed by atoms with Gasteiger partial charge < -0.3 is 25.7 Å². The lowest BCUT2D eigenvalue weighted by molar-refractivity contribution is 0.0954. The number of pyridine rings is 1. The van der Waals surface area contributed by atoms with Crippen LogP contribution in [0.4, 0.5) is 20.6 Å². The minimum atomic E-state index is -0.567. The lowest BCUT2D eigenvalue weighted by Gasteiger charge is -2.10. The highest BCUT2D eigenvalue weighted by Gasteiger charge is 2.12. The monoisotopic (exact) mass is 541 g/mol. The van der Waals surface area contributed by atoms with E-state index in [0.717, 1.165) is 5.56 Å². The van der Waals surface area contributed by atoms with Gasteiger partial charge >= 0.3 is 6.03 Å². The largest absolute Gasteiger partial charge is 0.457 e. The Bertz CT molecular complexity index is 1620. The van der Waals surface area contributed by atoms with Gasteiger partial charge in [-0.1, -0.05) is 11.3 Å². The second-order valence-corrected chi connectivity index (χ2v) is 8.70. The van der Waals surface area contributed by atoms with Crippen LogP contribution < -0.4 is 20.7 Å². The number of anilines is 2. The molecule has 3 amide bonds. The van der Waals surface area contributed by atoms with E-state index in [9.17, 15) is 14.0 Å². The van der Waals surface area contributed by atoms with Crippen LogP contribution in [0.2, 0.25) is 0 Å². The highest BCUT2D eigenvalue weighted by molar-refractivity contribution is 6.00. The van der Waals surface area contributed by atoms with Crippen LogP contribution in [0.1, 0.15) is 21.7 Å². The smallest absolute Gasteiger partial charge is 0.323 e. The van der Waals surface area contributed by atoms with E-state index in [1.165, 1.54) is 6.07 Å². The Kier molecular flexibility index (Phi) is 7.72. The maximum atomic E-state index is 13.9. The van der Waals surface area contributed by atoms with E-state index in [1.807, 2.05) is 6.92 Å². The summed E-state index contributed by atoms with van der Waals surface area (Å²) >= 11 is 0. The van der Waals surface area contributed by atoms with E-state index in [-0.39, 0.29) is 11.6 Å². The fourth-order valence-corrected chi connectivity index (χ4v) is 3.74.